The first-order chi connectivity index (χ1) is 4.20. The highest BCUT2D eigenvalue weighted by molar-refractivity contribution is 9.08. The molecule has 0 unspecified atom stereocenters. The lowest BCUT2D eigenvalue weighted by molar-refractivity contribution is 0.234. The fraction of sp³-hybridized carbons (Fsp3) is 0. The Kier molecular flexibility index (Phi) is 4.41. The molecule has 0 aromatic rings. The van der Waals surface area contributed by atoms with Crippen molar-refractivity contribution in [1.29, 1.82) is 0 Å². The zero-order valence-corrected chi connectivity index (χ0v) is 7.24. The van der Waals surface area contributed by atoms with Gasteiger partial charge in [-0.05, 0) is 0 Å². The van der Waals surface area contributed by atoms with Crippen molar-refractivity contribution in [3.63, 3.8) is 0 Å². The van der Waals surface area contributed by atoms with Gasteiger partial charge in [-0.1, -0.05) is 0 Å². The number of urea groups is 2. The molecule has 0 atom stereocenters. The molecule has 0 fully saturated rings. The predicted molar refractivity (Wildman–Crippen MR) is 38.1 cm³/mol. The second-order valence-corrected chi connectivity index (χ2v) is 1.77. The van der Waals surface area contributed by atoms with E-state index in [4.69, 9.17) is 0 Å². The van der Waals surface area contributed by atoms with Crippen LogP contribution < -0.4 is 14.0 Å². The minimum absolute atomic E-state index is 0.632. The smallest absolute Gasteiger partial charge is 0.274 e. The number of amides is 4. The van der Waals surface area contributed by atoms with E-state index in [2.05, 4.69) is 32.3 Å². The number of nitrogens with one attached hydrogen (secondary N) is 3. The van der Waals surface area contributed by atoms with Crippen LogP contribution in [0.2, 0.25) is 0 Å². The molecule has 0 aliphatic carbocycles. The van der Waals surface area contributed by atoms with Gasteiger partial charge in [-0.15, -0.1) is 0 Å². The van der Waals surface area contributed by atoms with E-state index in [0.29, 0.717) is 0 Å². The molecule has 7 heteroatoms. The largest absolute Gasteiger partial charge is 0.332 e. The van der Waals surface area contributed by atoms with Crippen LogP contribution in [0, 0.1) is 0 Å². The van der Waals surface area contributed by atoms with Crippen molar-refractivity contribution in [3.8, 4) is 0 Å². The molecular weight excluding hydrogens is 258 g/mol. The lowest BCUT2D eigenvalue weighted by Crippen LogP contribution is -2.38. The maximum Gasteiger partial charge on any atom is 0.332 e. The fourth-order valence-corrected chi connectivity index (χ4v) is 0.349. The average Bonchev–Trinajstić information content (AvgIpc) is 1.87. The molecule has 0 saturated heterocycles. The van der Waals surface area contributed by atoms with Gasteiger partial charge in [-0.3, -0.25) is 14.0 Å². The van der Waals surface area contributed by atoms with Gasteiger partial charge in [0, 0.05) is 0 Å². The normalized spacial score (nSPS) is 7.78. The fourth-order valence-electron chi connectivity index (χ4n) is 0.150. The topological polar surface area (TPSA) is 70.2 Å². The van der Waals surface area contributed by atoms with Crippen LogP contribution in [0.3, 0.4) is 0 Å². The number of rotatable bonds is 0. The van der Waals surface area contributed by atoms with E-state index in [1.54, 1.807) is 0 Å². The molecule has 0 aromatic carbocycles. The number of hydrogen-bond donors (Lipinski definition) is 3. The van der Waals surface area contributed by atoms with Gasteiger partial charge >= 0.3 is 12.1 Å². The molecule has 0 aliphatic heterocycles. The standard InChI is InChI=1S/C2H3Br2N3O2/c3-6-1(8)5-2(9)7-4/h(H3,5,6,7,8,9). The van der Waals surface area contributed by atoms with Crippen LogP contribution >= 0.6 is 32.3 Å². The summed E-state index contributed by atoms with van der Waals surface area (Å²) in [7, 11) is 0. The van der Waals surface area contributed by atoms with Gasteiger partial charge in [0.15, 0.2) is 0 Å². The van der Waals surface area contributed by atoms with E-state index < -0.39 is 12.1 Å². The molecule has 52 valence electrons. The van der Waals surface area contributed by atoms with Crippen LogP contribution in [0.4, 0.5) is 9.59 Å². The van der Waals surface area contributed by atoms with Crippen LogP contribution in [-0.2, 0) is 0 Å². The molecule has 0 saturated carbocycles. The third kappa shape index (κ3) is 4.22. The van der Waals surface area contributed by atoms with Crippen LogP contribution in [0.15, 0.2) is 0 Å². The summed E-state index contributed by atoms with van der Waals surface area (Å²) in [4.78, 5) is 20.5. The first-order valence-electron chi connectivity index (χ1n) is 1.79. The molecule has 0 aliphatic rings. The molecular formula is C2H3Br2N3O2. The highest BCUT2D eigenvalue weighted by atomic mass is 79.9. The van der Waals surface area contributed by atoms with Gasteiger partial charge in [-0.25, -0.2) is 9.59 Å². The summed E-state index contributed by atoms with van der Waals surface area (Å²) in [5.41, 5.74) is 0. The maximum absolute atomic E-state index is 10.2. The van der Waals surface area contributed by atoms with Gasteiger partial charge in [0.2, 0.25) is 0 Å². The quantitative estimate of drug-likeness (QED) is 0.559. The molecule has 9 heavy (non-hydrogen) atoms. The van der Waals surface area contributed by atoms with E-state index >= 15 is 0 Å². The highest BCUT2D eigenvalue weighted by Crippen LogP contribution is 1.73. The second kappa shape index (κ2) is 4.57. The summed E-state index contributed by atoms with van der Waals surface area (Å²) >= 11 is 5.23. The van der Waals surface area contributed by atoms with E-state index in [-0.39, 0.29) is 0 Å². The molecule has 0 heterocycles. The van der Waals surface area contributed by atoms with Gasteiger partial charge in [0.05, 0.1) is 32.3 Å². The monoisotopic (exact) mass is 259 g/mol. The third-order valence-electron chi connectivity index (χ3n) is 0.399. The summed E-state index contributed by atoms with van der Waals surface area (Å²) in [5.74, 6) is 0. The Hall–Kier alpha value is -0.300. The summed E-state index contributed by atoms with van der Waals surface area (Å²) in [6.45, 7) is 0. The van der Waals surface area contributed by atoms with Crippen LogP contribution in [0.5, 0.6) is 0 Å². The zero-order valence-electron chi connectivity index (χ0n) is 4.07. The molecule has 4 amide bonds. The number of carbonyl (C=O) groups excluding carboxylic acids is 2. The van der Waals surface area contributed by atoms with Crippen molar-refractivity contribution in [2.24, 2.45) is 0 Å². The van der Waals surface area contributed by atoms with Crippen molar-refractivity contribution < 1.29 is 9.59 Å². The van der Waals surface area contributed by atoms with Gasteiger partial charge < -0.3 is 0 Å². The van der Waals surface area contributed by atoms with E-state index in [1.807, 2.05) is 14.0 Å². The van der Waals surface area contributed by atoms with Crippen molar-refractivity contribution in [1.82, 2.24) is 14.0 Å². The van der Waals surface area contributed by atoms with Crippen LogP contribution in [-0.4, -0.2) is 12.1 Å². The van der Waals surface area contributed by atoms with Crippen molar-refractivity contribution in [2.45, 2.75) is 0 Å². The summed E-state index contributed by atoms with van der Waals surface area (Å²) in [5, 5.41) is 1.89. The molecule has 0 spiro atoms. The summed E-state index contributed by atoms with van der Waals surface area (Å²) in [6, 6.07) is -1.26. The Morgan fingerprint density at radius 2 is 1.33 bits per heavy atom. The first-order valence-corrected chi connectivity index (χ1v) is 3.37. The van der Waals surface area contributed by atoms with E-state index in [9.17, 15) is 9.59 Å². The van der Waals surface area contributed by atoms with Crippen LogP contribution in [0.1, 0.15) is 0 Å². The van der Waals surface area contributed by atoms with Crippen molar-refractivity contribution >= 4 is 44.4 Å². The zero-order chi connectivity index (χ0) is 7.28. The Morgan fingerprint density at radius 1 is 1.00 bits per heavy atom. The minimum Gasteiger partial charge on any atom is -0.274 e. The van der Waals surface area contributed by atoms with Gasteiger partial charge in [-0.2, -0.15) is 0 Å². The van der Waals surface area contributed by atoms with Gasteiger partial charge in [0.25, 0.3) is 0 Å². The number of halogens is 2. The summed E-state index contributed by atoms with van der Waals surface area (Å²) < 4.78 is 4.02. The predicted octanol–water partition coefficient (Wildman–Crippen LogP) is 0.615. The lowest BCUT2D eigenvalue weighted by atomic mass is 10.9. The number of carbonyl (C=O) groups is 2. The van der Waals surface area contributed by atoms with E-state index in [0.717, 1.165) is 0 Å². The average molecular weight is 261 g/mol. The number of imide groups is 1. The SMILES string of the molecule is O=C(NBr)NC(=O)NBr. The first kappa shape index (κ1) is 8.70. The highest BCUT2D eigenvalue weighted by Gasteiger charge is 2.01. The van der Waals surface area contributed by atoms with Crippen molar-refractivity contribution in [2.75, 3.05) is 0 Å². The third-order valence-corrected chi connectivity index (χ3v) is 1.12. The Bertz CT molecular complexity index is 113. The molecule has 5 nitrogen and oxygen atoms in total. The molecule has 0 radical (unpaired) electrons. The molecule has 0 bridgehead atoms. The van der Waals surface area contributed by atoms with E-state index in [1.165, 1.54) is 0 Å². The lowest BCUT2D eigenvalue weighted by Gasteiger charge is -1.96. The molecule has 0 aromatic heterocycles. The Balaban J connectivity index is 3.47. The molecule has 0 rings (SSSR count). The Morgan fingerprint density at radius 3 is 1.56 bits per heavy atom. The summed E-state index contributed by atoms with van der Waals surface area (Å²) in [6.07, 6.45) is 0. The molecule has 3 N–H and O–H groups in total. The maximum atomic E-state index is 10.2. The van der Waals surface area contributed by atoms with Crippen molar-refractivity contribution in [3.05, 3.63) is 0 Å². The minimum atomic E-state index is -0.632. The van der Waals surface area contributed by atoms with Crippen LogP contribution in [0.25, 0.3) is 0 Å². The Labute approximate surface area is 68.2 Å². The number of hydrogen-bond acceptors (Lipinski definition) is 2. The van der Waals surface area contributed by atoms with Gasteiger partial charge in [0.1, 0.15) is 0 Å². The second-order valence-electron chi connectivity index (χ2n) is 0.972.